The normalized spacial score (nSPS) is 11.2. The maximum atomic E-state index is 13.3. The van der Waals surface area contributed by atoms with Crippen molar-refractivity contribution in [1.82, 2.24) is 20.3 Å². The van der Waals surface area contributed by atoms with Crippen molar-refractivity contribution < 1.29 is 14.4 Å². The van der Waals surface area contributed by atoms with Gasteiger partial charge in [-0.2, -0.15) is 0 Å². The van der Waals surface area contributed by atoms with E-state index in [0.29, 0.717) is 47.0 Å². The highest BCUT2D eigenvalue weighted by atomic mass is 16.6. The lowest BCUT2D eigenvalue weighted by Crippen LogP contribution is -2.25. The van der Waals surface area contributed by atoms with Gasteiger partial charge >= 0.3 is 0 Å². The molecule has 0 aliphatic carbocycles. The zero-order valence-electron chi connectivity index (χ0n) is 19.0. The summed E-state index contributed by atoms with van der Waals surface area (Å²) in [5.41, 5.74) is 4.52. The van der Waals surface area contributed by atoms with Gasteiger partial charge in [0.1, 0.15) is 18.7 Å². The van der Waals surface area contributed by atoms with Crippen molar-refractivity contribution in [3.8, 4) is 11.4 Å². The summed E-state index contributed by atoms with van der Waals surface area (Å²) in [6, 6.07) is 10.4. The summed E-state index contributed by atoms with van der Waals surface area (Å²) in [6.07, 6.45) is 1.48. The Morgan fingerprint density at radius 1 is 1.19 bits per heavy atom. The highest BCUT2D eigenvalue weighted by Gasteiger charge is 2.13. The van der Waals surface area contributed by atoms with Gasteiger partial charge in [0, 0.05) is 12.1 Å². The fourth-order valence-corrected chi connectivity index (χ4v) is 3.20. The third-order valence-electron chi connectivity index (χ3n) is 4.87. The average Bonchev–Trinajstić information content (AvgIpc) is 2.78. The van der Waals surface area contributed by atoms with Crippen molar-refractivity contribution >= 4 is 16.8 Å². The zero-order chi connectivity index (χ0) is 23.1. The van der Waals surface area contributed by atoms with Crippen LogP contribution in [0.5, 0.6) is 5.75 Å². The molecular weight excluding hydrogens is 408 g/mol. The largest absolute Gasteiger partial charge is 0.492 e. The molecule has 0 aliphatic heterocycles. The minimum absolute atomic E-state index is 0.233. The van der Waals surface area contributed by atoms with Gasteiger partial charge in [-0.3, -0.25) is 19.0 Å². The molecule has 1 amide bonds. The van der Waals surface area contributed by atoms with E-state index >= 15 is 0 Å². The van der Waals surface area contributed by atoms with Crippen LogP contribution in [-0.4, -0.2) is 41.8 Å². The Hall–Kier alpha value is -3.23. The summed E-state index contributed by atoms with van der Waals surface area (Å²) in [5.74, 6) is 0.811. The fourth-order valence-electron chi connectivity index (χ4n) is 3.20. The first-order valence-electron chi connectivity index (χ1n) is 10.8. The molecule has 2 N–H and O–H groups in total. The van der Waals surface area contributed by atoms with E-state index in [1.165, 1.54) is 10.9 Å². The summed E-state index contributed by atoms with van der Waals surface area (Å²) >= 11 is 0. The number of aryl methyl sites for hydroxylation is 1. The molecule has 0 unspecified atom stereocenters. The van der Waals surface area contributed by atoms with Gasteiger partial charge in [-0.15, -0.1) is 0 Å². The first kappa shape index (κ1) is 23.4. The van der Waals surface area contributed by atoms with Gasteiger partial charge in [0.25, 0.3) is 11.5 Å². The molecule has 1 aromatic heterocycles. The maximum Gasteiger partial charge on any atom is 0.274 e. The second kappa shape index (κ2) is 10.9. The van der Waals surface area contributed by atoms with Gasteiger partial charge < -0.3 is 10.1 Å². The average molecular weight is 439 g/mol. The van der Waals surface area contributed by atoms with Crippen molar-refractivity contribution in [3.63, 3.8) is 0 Å². The molecule has 2 aromatic carbocycles. The summed E-state index contributed by atoms with van der Waals surface area (Å²) < 4.78 is 7.25. The number of aromatic nitrogens is 2. The predicted molar refractivity (Wildman–Crippen MR) is 124 cm³/mol. The van der Waals surface area contributed by atoms with E-state index in [0.717, 1.165) is 18.7 Å². The Labute approximate surface area is 187 Å². The monoisotopic (exact) mass is 438 g/mol. The predicted octanol–water partition coefficient (Wildman–Crippen LogP) is 3.00. The molecule has 0 bridgehead atoms. The molecule has 170 valence electrons. The Morgan fingerprint density at radius 3 is 2.75 bits per heavy atom. The van der Waals surface area contributed by atoms with Crippen LogP contribution in [0.2, 0.25) is 0 Å². The molecule has 3 rings (SSSR count). The van der Waals surface area contributed by atoms with Crippen LogP contribution in [0.4, 0.5) is 0 Å². The molecule has 0 spiro atoms. The number of hydrogen-bond acceptors (Lipinski definition) is 6. The van der Waals surface area contributed by atoms with Gasteiger partial charge in [-0.1, -0.05) is 19.9 Å². The Kier molecular flexibility index (Phi) is 7.97. The van der Waals surface area contributed by atoms with E-state index in [9.17, 15) is 9.59 Å². The maximum absolute atomic E-state index is 13.3. The third kappa shape index (κ3) is 5.72. The fraction of sp³-hybridized carbons (Fsp3) is 0.375. The number of amides is 1. The van der Waals surface area contributed by atoms with E-state index in [4.69, 9.17) is 9.57 Å². The van der Waals surface area contributed by atoms with Crippen molar-refractivity contribution in [3.05, 3.63) is 64.2 Å². The molecule has 0 atom stereocenters. The second-order valence-electron chi connectivity index (χ2n) is 7.91. The van der Waals surface area contributed by atoms with Crippen LogP contribution in [0.15, 0.2) is 47.5 Å². The van der Waals surface area contributed by atoms with Crippen LogP contribution >= 0.6 is 0 Å². The van der Waals surface area contributed by atoms with Crippen molar-refractivity contribution in [2.45, 2.75) is 27.7 Å². The summed E-state index contributed by atoms with van der Waals surface area (Å²) in [4.78, 5) is 34.9. The number of benzene rings is 2. The number of carbonyl (C=O) groups excluding carboxylic acids is 1. The van der Waals surface area contributed by atoms with E-state index in [-0.39, 0.29) is 11.5 Å². The number of nitrogens with zero attached hydrogens (tertiary/aromatic N) is 2. The van der Waals surface area contributed by atoms with E-state index in [1.54, 1.807) is 37.3 Å². The van der Waals surface area contributed by atoms with E-state index in [1.807, 2.05) is 13.0 Å². The van der Waals surface area contributed by atoms with Gasteiger partial charge in [0.2, 0.25) is 0 Å². The number of hydrogen-bond donors (Lipinski definition) is 2. The minimum atomic E-state index is -0.378. The Balaban J connectivity index is 1.87. The van der Waals surface area contributed by atoms with E-state index in [2.05, 4.69) is 29.6 Å². The van der Waals surface area contributed by atoms with Crippen LogP contribution in [-0.2, 0) is 4.84 Å². The van der Waals surface area contributed by atoms with Crippen LogP contribution in [0, 0.1) is 12.8 Å². The van der Waals surface area contributed by atoms with Gasteiger partial charge in [0.05, 0.1) is 23.2 Å². The van der Waals surface area contributed by atoms with Gasteiger partial charge in [0.15, 0.2) is 0 Å². The molecule has 0 saturated heterocycles. The van der Waals surface area contributed by atoms with Crippen LogP contribution in [0.1, 0.15) is 36.7 Å². The number of fused-ring (bicyclic) bond motifs is 1. The molecule has 0 fully saturated rings. The first-order valence-corrected chi connectivity index (χ1v) is 10.8. The molecule has 3 aromatic rings. The SMILES string of the molecule is CCONC(=O)c1ccc(C)c(-n2cnc3ccc(OCCNCC(C)C)cc3c2=O)c1. The topological polar surface area (TPSA) is 94.5 Å². The van der Waals surface area contributed by atoms with Crippen LogP contribution < -0.4 is 21.1 Å². The molecule has 0 aliphatic rings. The molecule has 1 heterocycles. The highest BCUT2D eigenvalue weighted by molar-refractivity contribution is 5.94. The molecule has 8 nitrogen and oxygen atoms in total. The molecule has 0 radical (unpaired) electrons. The van der Waals surface area contributed by atoms with Crippen LogP contribution in [0.25, 0.3) is 16.6 Å². The molecule has 0 saturated carbocycles. The number of rotatable bonds is 10. The minimum Gasteiger partial charge on any atom is -0.492 e. The van der Waals surface area contributed by atoms with Crippen molar-refractivity contribution in [1.29, 1.82) is 0 Å². The van der Waals surface area contributed by atoms with Crippen molar-refractivity contribution in [2.24, 2.45) is 5.92 Å². The van der Waals surface area contributed by atoms with Crippen molar-refractivity contribution in [2.75, 3.05) is 26.3 Å². The quantitative estimate of drug-likeness (QED) is 0.373. The third-order valence-corrected chi connectivity index (χ3v) is 4.87. The van der Waals surface area contributed by atoms with Crippen LogP contribution in [0.3, 0.4) is 0 Å². The number of nitrogens with one attached hydrogen (secondary N) is 2. The highest BCUT2D eigenvalue weighted by Crippen LogP contribution is 2.19. The Morgan fingerprint density at radius 2 is 2.00 bits per heavy atom. The Bertz CT molecular complexity index is 1140. The summed E-state index contributed by atoms with van der Waals surface area (Å²) in [5, 5.41) is 3.77. The standard InChI is InChI=1S/C24H30N4O4/c1-5-32-27-23(29)18-7-6-17(4)22(12-18)28-15-26-21-9-8-19(13-20(21)24(28)30)31-11-10-25-14-16(2)3/h6-9,12-13,15-16,25H,5,10-11,14H2,1-4H3,(H,27,29). The van der Waals surface area contributed by atoms with E-state index < -0.39 is 0 Å². The number of ether oxygens (including phenoxy) is 1. The van der Waals surface area contributed by atoms with Gasteiger partial charge in [-0.25, -0.2) is 10.5 Å². The molecule has 8 heteroatoms. The zero-order valence-corrected chi connectivity index (χ0v) is 19.0. The number of hydroxylamine groups is 1. The lowest BCUT2D eigenvalue weighted by molar-refractivity contribution is 0.0364. The lowest BCUT2D eigenvalue weighted by atomic mass is 10.1. The molecular formula is C24H30N4O4. The first-order chi connectivity index (χ1) is 15.4. The summed E-state index contributed by atoms with van der Waals surface area (Å²) in [6.45, 7) is 10.5. The lowest BCUT2D eigenvalue weighted by Gasteiger charge is -2.13. The number of carbonyl (C=O) groups is 1. The van der Waals surface area contributed by atoms with Gasteiger partial charge in [-0.05, 0) is 62.2 Å². The smallest absolute Gasteiger partial charge is 0.274 e. The molecule has 32 heavy (non-hydrogen) atoms. The summed E-state index contributed by atoms with van der Waals surface area (Å²) in [7, 11) is 0. The second-order valence-corrected chi connectivity index (χ2v) is 7.91.